The van der Waals surface area contributed by atoms with Crippen molar-refractivity contribution in [1.29, 1.82) is 0 Å². The number of piperazine rings is 1. The number of cyclic esters (lactones) is 1. The Morgan fingerprint density at radius 2 is 1.96 bits per heavy atom. The predicted octanol–water partition coefficient (Wildman–Crippen LogP) is 1.40. The van der Waals surface area contributed by atoms with Gasteiger partial charge in [-0.3, -0.25) is 4.90 Å². The maximum absolute atomic E-state index is 13.1. The second-order valence-corrected chi connectivity index (χ2v) is 8.51. The van der Waals surface area contributed by atoms with E-state index in [1.165, 1.54) is 34.6 Å². The zero-order chi connectivity index (χ0) is 18.5. The lowest BCUT2D eigenvalue weighted by Gasteiger charge is -2.43. The van der Waals surface area contributed by atoms with Crippen LogP contribution in [0.1, 0.15) is 13.3 Å². The van der Waals surface area contributed by atoms with Crippen LogP contribution in [-0.2, 0) is 14.8 Å². The first-order chi connectivity index (χ1) is 12.4. The van der Waals surface area contributed by atoms with Crippen molar-refractivity contribution in [3.63, 3.8) is 0 Å². The van der Waals surface area contributed by atoms with Crippen LogP contribution in [0.5, 0.6) is 0 Å². The highest BCUT2D eigenvalue weighted by Gasteiger charge is 2.51. The standard InChI is InChI=1S/C17H18N2O6S/c1-2-17-10-18(7-8-19(17)16(21)24-11-17)26(22,23)13-4-5-14-12(9-13)3-6-15(20)25-14/h3-6,9H,2,7-8,10-11H2,1H3. The van der Waals surface area contributed by atoms with E-state index in [1.807, 2.05) is 6.92 Å². The summed E-state index contributed by atoms with van der Waals surface area (Å²) in [5.74, 6) is 0. The highest BCUT2D eigenvalue weighted by molar-refractivity contribution is 7.89. The van der Waals surface area contributed by atoms with Gasteiger partial charge < -0.3 is 9.15 Å². The Balaban J connectivity index is 1.70. The van der Waals surface area contributed by atoms with E-state index in [4.69, 9.17) is 9.15 Å². The molecule has 2 aromatic rings. The van der Waals surface area contributed by atoms with Crippen molar-refractivity contribution in [3.8, 4) is 0 Å². The Bertz CT molecular complexity index is 1050. The number of carbonyl (C=O) groups is 1. The van der Waals surface area contributed by atoms with Crippen molar-refractivity contribution in [2.75, 3.05) is 26.2 Å². The summed E-state index contributed by atoms with van der Waals surface area (Å²) < 4.78 is 37.8. The lowest BCUT2D eigenvalue weighted by molar-refractivity contribution is 0.0885. The summed E-state index contributed by atoms with van der Waals surface area (Å²) in [5.41, 5.74) is -0.771. The molecule has 0 saturated carbocycles. The number of fused-ring (bicyclic) bond motifs is 2. The van der Waals surface area contributed by atoms with Crippen molar-refractivity contribution in [3.05, 3.63) is 40.8 Å². The Morgan fingerprint density at radius 1 is 1.15 bits per heavy atom. The first-order valence-corrected chi connectivity index (χ1v) is 9.78. The molecule has 2 saturated heterocycles. The van der Waals surface area contributed by atoms with Crippen molar-refractivity contribution < 1.29 is 22.4 Å². The van der Waals surface area contributed by atoms with Gasteiger partial charge in [0.15, 0.2) is 0 Å². The maximum atomic E-state index is 13.1. The molecule has 9 heteroatoms. The topological polar surface area (TPSA) is 97.1 Å². The van der Waals surface area contributed by atoms with Gasteiger partial charge in [0.25, 0.3) is 0 Å². The van der Waals surface area contributed by atoms with E-state index >= 15 is 0 Å². The largest absolute Gasteiger partial charge is 0.447 e. The molecule has 138 valence electrons. The number of carbonyl (C=O) groups excluding carboxylic acids is 1. The molecule has 8 nitrogen and oxygen atoms in total. The zero-order valence-electron chi connectivity index (χ0n) is 14.2. The molecule has 0 radical (unpaired) electrons. The number of benzene rings is 1. The third-order valence-corrected chi connectivity index (χ3v) is 7.03. The first kappa shape index (κ1) is 17.0. The van der Waals surface area contributed by atoms with Gasteiger partial charge in [-0.05, 0) is 30.7 Å². The molecule has 2 aliphatic heterocycles. The molecule has 0 spiro atoms. The number of ether oxygens (including phenoxy) is 1. The number of rotatable bonds is 3. The molecule has 1 unspecified atom stereocenters. The Hall–Kier alpha value is -2.39. The van der Waals surface area contributed by atoms with E-state index in [2.05, 4.69) is 0 Å². The minimum Gasteiger partial charge on any atom is -0.447 e. The SMILES string of the molecule is CCC12COC(=O)N1CCN(S(=O)(=O)c1ccc3oc(=O)ccc3c1)C2. The summed E-state index contributed by atoms with van der Waals surface area (Å²) in [6.07, 6.45) is 0.220. The van der Waals surface area contributed by atoms with E-state index in [1.54, 1.807) is 4.90 Å². The van der Waals surface area contributed by atoms with Crippen LogP contribution < -0.4 is 5.63 Å². The van der Waals surface area contributed by atoms with E-state index in [0.717, 1.165) is 0 Å². The van der Waals surface area contributed by atoms with Crippen molar-refractivity contribution >= 4 is 27.1 Å². The number of nitrogens with zero attached hydrogens (tertiary/aromatic N) is 2. The minimum atomic E-state index is -3.75. The van der Waals surface area contributed by atoms with Gasteiger partial charge in [-0.15, -0.1) is 0 Å². The quantitative estimate of drug-likeness (QED) is 0.749. The zero-order valence-corrected chi connectivity index (χ0v) is 15.0. The van der Waals surface area contributed by atoms with Gasteiger partial charge in [-0.2, -0.15) is 4.31 Å². The lowest BCUT2D eigenvalue weighted by Crippen LogP contribution is -2.62. The molecule has 1 aromatic carbocycles. The third-order valence-electron chi connectivity index (χ3n) is 5.19. The third kappa shape index (κ3) is 2.50. The molecule has 1 aromatic heterocycles. The Morgan fingerprint density at radius 3 is 2.73 bits per heavy atom. The molecule has 0 bridgehead atoms. The highest BCUT2D eigenvalue weighted by atomic mass is 32.2. The van der Waals surface area contributed by atoms with E-state index < -0.39 is 21.2 Å². The van der Waals surface area contributed by atoms with E-state index in [0.29, 0.717) is 23.9 Å². The van der Waals surface area contributed by atoms with Crippen LogP contribution in [0, 0.1) is 0 Å². The number of sulfonamides is 1. The summed E-state index contributed by atoms with van der Waals surface area (Å²) >= 11 is 0. The molecule has 0 aliphatic carbocycles. The van der Waals surface area contributed by atoms with Gasteiger partial charge >= 0.3 is 11.7 Å². The van der Waals surface area contributed by atoms with Crippen LogP contribution >= 0.6 is 0 Å². The first-order valence-electron chi connectivity index (χ1n) is 8.34. The minimum absolute atomic E-state index is 0.129. The summed E-state index contributed by atoms with van der Waals surface area (Å²) in [6.45, 7) is 2.81. The van der Waals surface area contributed by atoms with E-state index in [9.17, 15) is 18.0 Å². The second kappa shape index (κ2) is 5.82. The van der Waals surface area contributed by atoms with Crippen LogP contribution in [0.4, 0.5) is 4.79 Å². The van der Waals surface area contributed by atoms with Gasteiger partial charge in [0, 0.05) is 31.1 Å². The summed E-state index contributed by atoms with van der Waals surface area (Å²) in [7, 11) is -3.75. The lowest BCUT2D eigenvalue weighted by atomic mass is 9.94. The van der Waals surface area contributed by atoms with Crippen molar-refractivity contribution in [2.24, 2.45) is 0 Å². The number of amides is 1. The fraction of sp³-hybridized carbons (Fsp3) is 0.412. The van der Waals surface area contributed by atoms with Crippen LogP contribution in [0.25, 0.3) is 11.0 Å². The maximum Gasteiger partial charge on any atom is 0.410 e. The molecule has 3 heterocycles. The highest BCUT2D eigenvalue weighted by Crippen LogP contribution is 2.34. The van der Waals surface area contributed by atoms with E-state index in [-0.39, 0.29) is 30.7 Å². The van der Waals surface area contributed by atoms with Crippen LogP contribution in [0.3, 0.4) is 0 Å². The molecule has 1 amide bonds. The summed E-state index contributed by atoms with van der Waals surface area (Å²) in [4.78, 5) is 24.9. The van der Waals surface area contributed by atoms with Gasteiger partial charge in [0.2, 0.25) is 10.0 Å². The second-order valence-electron chi connectivity index (χ2n) is 6.58. The fourth-order valence-corrected chi connectivity index (χ4v) is 5.14. The molecular weight excluding hydrogens is 360 g/mol. The predicted molar refractivity (Wildman–Crippen MR) is 92.3 cm³/mol. The smallest absolute Gasteiger partial charge is 0.410 e. The van der Waals surface area contributed by atoms with Crippen LogP contribution in [0.2, 0.25) is 0 Å². The molecular formula is C17H18N2O6S. The van der Waals surface area contributed by atoms with Gasteiger partial charge in [-0.25, -0.2) is 18.0 Å². The molecule has 0 N–H and O–H groups in total. The molecule has 2 fully saturated rings. The van der Waals surface area contributed by atoms with Crippen molar-refractivity contribution in [1.82, 2.24) is 9.21 Å². The van der Waals surface area contributed by atoms with Crippen LogP contribution in [-0.4, -0.2) is 55.5 Å². The van der Waals surface area contributed by atoms with Gasteiger partial charge in [0.05, 0.1) is 10.4 Å². The van der Waals surface area contributed by atoms with Crippen molar-refractivity contribution in [2.45, 2.75) is 23.8 Å². The average molecular weight is 378 g/mol. The monoisotopic (exact) mass is 378 g/mol. The molecule has 4 rings (SSSR count). The fourth-order valence-electron chi connectivity index (χ4n) is 3.59. The summed E-state index contributed by atoms with van der Waals surface area (Å²) in [6, 6.07) is 7.20. The summed E-state index contributed by atoms with van der Waals surface area (Å²) in [5, 5.41) is 0.536. The normalized spacial score (nSPS) is 23.9. The van der Waals surface area contributed by atoms with Gasteiger partial charge in [0.1, 0.15) is 12.2 Å². The molecule has 26 heavy (non-hydrogen) atoms. The Labute approximate surface area is 150 Å². The molecule has 1 atom stereocenters. The van der Waals surface area contributed by atoms with Gasteiger partial charge in [-0.1, -0.05) is 6.92 Å². The number of hydrogen-bond donors (Lipinski definition) is 0. The van der Waals surface area contributed by atoms with Crippen LogP contribution in [0.15, 0.2) is 44.4 Å². The average Bonchev–Trinajstić information content (AvgIpc) is 2.98. The molecule has 2 aliphatic rings. The number of hydrogen-bond acceptors (Lipinski definition) is 6. The Kier molecular flexibility index (Phi) is 3.81.